The van der Waals surface area contributed by atoms with Crippen LogP contribution in [0.1, 0.15) is 24.4 Å². The van der Waals surface area contributed by atoms with Gasteiger partial charge in [0.15, 0.2) is 17.7 Å². The van der Waals surface area contributed by atoms with Crippen molar-refractivity contribution in [2.75, 3.05) is 33.5 Å². The van der Waals surface area contributed by atoms with Crippen LogP contribution in [0.2, 0.25) is 0 Å². The Hall–Kier alpha value is -4.61. The summed E-state index contributed by atoms with van der Waals surface area (Å²) < 4.78 is 54.1. The summed E-state index contributed by atoms with van der Waals surface area (Å²) in [7, 11) is 1.58. The van der Waals surface area contributed by atoms with Gasteiger partial charge in [-0.3, -0.25) is 23.7 Å². The van der Waals surface area contributed by atoms with Crippen molar-refractivity contribution < 1.29 is 27.4 Å². The highest BCUT2D eigenvalue weighted by molar-refractivity contribution is 5.80. The van der Waals surface area contributed by atoms with Crippen molar-refractivity contribution in [2.24, 2.45) is 0 Å². The molecule has 0 saturated carbocycles. The molecule has 0 bridgehead atoms. The Morgan fingerprint density at radius 3 is 2.36 bits per heavy atom. The number of hydrogen-bond acceptors (Lipinski definition) is 6. The number of methoxy groups -OCH3 is 1. The number of amides is 1. The number of hydrogen-bond donors (Lipinski definition) is 0. The lowest BCUT2D eigenvalue weighted by Gasteiger charge is -2.31. The zero-order valence-corrected chi connectivity index (χ0v) is 22.8. The number of halogens is 3. The first-order valence-electron chi connectivity index (χ1n) is 13.4. The third-order valence-corrected chi connectivity index (χ3v) is 7.42. The standard InChI is InChI=1S/C30H29F3N4O5/c1-41-22-5-3-20(4-6-22)26-7-2-19(16-34-26)17-36-29(39)24-12-28(42-23(14-31)15-32)25(33)13-27(24)37(30(36)40)21-8-10-35(18-38)11-9-21/h2-7,12-13,16,18,21,23H,8-11,14-15,17H2,1H3. The Kier molecular flexibility index (Phi) is 8.60. The fourth-order valence-corrected chi connectivity index (χ4v) is 5.13. The number of alkyl halides is 2. The van der Waals surface area contributed by atoms with Crippen LogP contribution in [0.15, 0.2) is 64.3 Å². The Morgan fingerprint density at radius 2 is 1.76 bits per heavy atom. The van der Waals surface area contributed by atoms with Crippen molar-refractivity contribution in [3.8, 4) is 22.8 Å². The van der Waals surface area contributed by atoms with E-state index in [-0.39, 0.29) is 17.4 Å². The molecular weight excluding hydrogens is 553 g/mol. The number of fused-ring (bicyclic) bond motifs is 1. The van der Waals surface area contributed by atoms with Crippen LogP contribution < -0.4 is 20.7 Å². The van der Waals surface area contributed by atoms with Crippen LogP contribution in [0.25, 0.3) is 22.2 Å². The molecule has 42 heavy (non-hydrogen) atoms. The third-order valence-electron chi connectivity index (χ3n) is 7.42. The smallest absolute Gasteiger partial charge is 0.332 e. The van der Waals surface area contributed by atoms with Gasteiger partial charge in [-0.1, -0.05) is 6.07 Å². The number of nitrogens with zero attached hydrogens (tertiary/aromatic N) is 4. The van der Waals surface area contributed by atoms with Crippen LogP contribution >= 0.6 is 0 Å². The number of piperidine rings is 1. The van der Waals surface area contributed by atoms with Gasteiger partial charge in [0.1, 0.15) is 19.1 Å². The molecule has 1 fully saturated rings. The van der Waals surface area contributed by atoms with Crippen LogP contribution in [0.4, 0.5) is 13.2 Å². The van der Waals surface area contributed by atoms with Crippen molar-refractivity contribution in [2.45, 2.75) is 31.5 Å². The molecular formula is C30H29F3N4O5. The predicted octanol–water partition coefficient (Wildman–Crippen LogP) is 3.90. The van der Waals surface area contributed by atoms with Crippen LogP contribution in [-0.4, -0.2) is 65.1 Å². The summed E-state index contributed by atoms with van der Waals surface area (Å²) in [5.41, 5.74) is 0.789. The number of benzene rings is 2. The normalized spacial score (nSPS) is 14.0. The average Bonchev–Trinajstić information content (AvgIpc) is 3.03. The van der Waals surface area contributed by atoms with E-state index in [0.717, 1.165) is 28.7 Å². The zero-order chi connectivity index (χ0) is 29.8. The molecule has 0 atom stereocenters. The van der Waals surface area contributed by atoms with Gasteiger partial charge in [-0.2, -0.15) is 0 Å². The van der Waals surface area contributed by atoms with E-state index in [1.165, 1.54) is 4.57 Å². The largest absolute Gasteiger partial charge is 0.497 e. The van der Waals surface area contributed by atoms with Gasteiger partial charge in [-0.25, -0.2) is 18.0 Å². The fourth-order valence-electron chi connectivity index (χ4n) is 5.13. The van der Waals surface area contributed by atoms with E-state index in [4.69, 9.17) is 9.47 Å². The number of aromatic nitrogens is 3. The van der Waals surface area contributed by atoms with E-state index in [1.807, 2.05) is 24.3 Å². The van der Waals surface area contributed by atoms with Gasteiger partial charge in [0.05, 0.1) is 30.3 Å². The second-order valence-corrected chi connectivity index (χ2v) is 10.0. The Labute approximate surface area is 238 Å². The maximum absolute atomic E-state index is 15.1. The van der Waals surface area contributed by atoms with Gasteiger partial charge < -0.3 is 14.4 Å². The van der Waals surface area contributed by atoms with Crippen molar-refractivity contribution in [3.05, 3.63) is 86.9 Å². The first-order valence-corrected chi connectivity index (χ1v) is 13.4. The van der Waals surface area contributed by atoms with Crippen molar-refractivity contribution >= 4 is 17.3 Å². The van der Waals surface area contributed by atoms with E-state index in [9.17, 15) is 23.2 Å². The molecule has 220 valence electrons. The van der Waals surface area contributed by atoms with Crippen molar-refractivity contribution in [3.63, 3.8) is 0 Å². The molecule has 0 radical (unpaired) electrons. The minimum Gasteiger partial charge on any atom is -0.497 e. The molecule has 1 aliphatic heterocycles. The number of carbonyl (C=O) groups is 1. The van der Waals surface area contributed by atoms with Crippen molar-refractivity contribution in [1.82, 2.24) is 19.0 Å². The Bertz CT molecular complexity index is 1680. The highest BCUT2D eigenvalue weighted by Gasteiger charge is 2.26. The first-order chi connectivity index (χ1) is 20.4. The molecule has 0 N–H and O–H groups in total. The fraction of sp³-hybridized carbons (Fsp3) is 0.333. The molecule has 4 aromatic rings. The van der Waals surface area contributed by atoms with Gasteiger partial charge in [0.2, 0.25) is 6.41 Å². The lowest BCUT2D eigenvalue weighted by Crippen LogP contribution is -2.44. The van der Waals surface area contributed by atoms with Crippen LogP contribution in [-0.2, 0) is 11.3 Å². The molecule has 3 heterocycles. The minimum atomic E-state index is -1.53. The average molecular weight is 583 g/mol. The van der Waals surface area contributed by atoms with E-state index < -0.39 is 48.3 Å². The third kappa shape index (κ3) is 5.74. The Morgan fingerprint density at radius 1 is 1.05 bits per heavy atom. The van der Waals surface area contributed by atoms with Crippen LogP contribution in [0, 0.1) is 5.82 Å². The molecule has 9 nitrogen and oxygen atoms in total. The zero-order valence-electron chi connectivity index (χ0n) is 22.8. The molecule has 12 heteroatoms. The van der Waals surface area contributed by atoms with Gasteiger partial charge in [-0.15, -0.1) is 0 Å². The van der Waals surface area contributed by atoms with Crippen molar-refractivity contribution in [1.29, 1.82) is 0 Å². The summed E-state index contributed by atoms with van der Waals surface area (Å²) >= 11 is 0. The topological polar surface area (TPSA) is 95.7 Å². The van der Waals surface area contributed by atoms with E-state index >= 15 is 4.39 Å². The summed E-state index contributed by atoms with van der Waals surface area (Å²) in [6.45, 7) is -1.73. The Balaban J connectivity index is 1.57. The summed E-state index contributed by atoms with van der Waals surface area (Å²) in [6.07, 6.45) is 1.59. The molecule has 1 aliphatic rings. The monoisotopic (exact) mass is 582 g/mol. The maximum atomic E-state index is 15.1. The number of carbonyl (C=O) groups excluding carboxylic acids is 1. The predicted molar refractivity (Wildman–Crippen MR) is 150 cm³/mol. The molecule has 0 unspecified atom stereocenters. The second-order valence-electron chi connectivity index (χ2n) is 10.0. The van der Waals surface area contributed by atoms with E-state index in [1.54, 1.807) is 30.3 Å². The van der Waals surface area contributed by atoms with Gasteiger partial charge in [0.25, 0.3) is 5.56 Å². The van der Waals surface area contributed by atoms with E-state index in [2.05, 4.69) is 4.98 Å². The van der Waals surface area contributed by atoms with Crippen LogP contribution in [0.5, 0.6) is 11.5 Å². The highest BCUT2D eigenvalue weighted by atomic mass is 19.1. The van der Waals surface area contributed by atoms with Gasteiger partial charge in [-0.05, 0) is 54.8 Å². The molecule has 0 spiro atoms. The summed E-state index contributed by atoms with van der Waals surface area (Å²) in [5, 5.41) is -0.0388. The molecule has 5 rings (SSSR count). The first kappa shape index (κ1) is 28.9. The lowest BCUT2D eigenvalue weighted by atomic mass is 10.0. The molecule has 1 saturated heterocycles. The summed E-state index contributed by atoms with van der Waals surface area (Å²) in [5.74, 6) is -0.737. The number of likely N-dealkylation sites (tertiary alicyclic amines) is 1. The lowest BCUT2D eigenvalue weighted by molar-refractivity contribution is -0.119. The van der Waals surface area contributed by atoms with Gasteiger partial charge in [0, 0.05) is 37.0 Å². The number of pyridine rings is 1. The summed E-state index contributed by atoms with van der Waals surface area (Å²) in [4.78, 5) is 44.8. The minimum absolute atomic E-state index is 0.0388. The molecule has 2 aromatic heterocycles. The molecule has 2 aromatic carbocycles. The number of rotatable bonds is 10. The number of ether oxygens (including phenoxy) is 2. The SMILES string of the molecule is COc1ccc(-c2ccc(Cn3c(=O)c4cc(OC(CF)CF)c(F)cc4n(C4CCN(C=O)CC4)c3=O)cn2)cc1. The second kappa shape index (κ2) is 12.5. The quantitative estimate of drug-likeness (QED) is 0.263. The van der Waals surface area contributed by atoms with Gasteiger partial charge >= 0.3 is 5.69 Å². The van der Waals surface area contributed by atoms with E-state index in [0.29, 0.717) is 42.9 Å². The molecule has 1 amide bonds. The maximum Gasteiger partial charge on any atom is 0.332 e. The highest BCUT2D eigenvalue weighted by Crippen LogP contribution is 2.28. The van der Waals surface area contributed by atoms with Crippen LogP contribution in [0.3, 0.4) is 0 Å². The molecule has 0 aliphatic carbocycles. The summed E-state index contributed by atoms with van der Waals surface area (Å²) in [6, 6.07) is 12.5.